The second kappa shape index (κ2) is 6.46. The third-order valence-electron chi connectivity index (χ3n) is 3.70. The molecule has 1 aliphatic rings. The molecule has 7 heteroatoms. The molecule has 116 valence electrons. The molecule has 1 amide bonds. The summed E-state index contributed by atoms with van der Waals surface area (Å²) in [6.07, 6.45) is 2.14. The van der Waals surface area contributed by atoms with Crippen LogP contribution in [0.25, 0.3) is 5.69 Å². The minimum absolute atomic E-state index is 0.107. The molecule has 22 heavy (non-hydrogen) atoms. The van der Waals surface area contributed by atoms with Crippen LogP contribution < -0.4 is 5.32 Å². The van der Waals surface area contributed by atoms with Crippen molar-refractivity contribution in [1.29, 1.82) is 0 Å². The summed E-state index contributed by atoms with van der Waals surface area (Å²) in [5, 5.41) is 11.5. The zero-order valence-electron chi connectivity index (χ0n) is 12.3. The lowest BCUT2D eigenvalue weighted by Crippen LogP contribution is -2.32. The molecule has 1 aliphatic heterocycles. The van der Waals surface area contributed by atoms with Crippen molar-refractivity contribution in [2.24, 2.45) is 0 Å². The summed E-state index contributed by atoms with van der Waals surface area (Å²) in [6.45, 7) is 3.09. The maximum absolute atomic E-state index is 12.2. The summed E-state index contributed by atoms with van der Waals surface area (Å²) >= 11 is 5.88. The van der Waals surface area contributed by atoms with Gasteiger partial charge in [-0.15, -0.1) is 5.10 Å². The number of nitrogens with zero attached hydrogens (tertiary/aromatic N) is 3. The molecular weight excluding hydrogens is 304 g/mol. The fourth-order valence-corrected chi connectivity index (χ4v) is 2.59. The van der Waals surface area contributed by atoms with E-state index in [9.17, 15) is 4.79 Å². The van der Waals surface area contributed by atoms with E-state index in [0.29, 0.717) is 23.0 Å². The Balaban J connectivity index is 1.72. The Bertz CT molecular complexity index is 663. The number of carbonyl (C=O) groups is 1. The van der Waals surface area contributed by atoms with Gasteiger partial charge in [-0.3, -0.25) is 4.79 Å². The molecule has 0 unspecified atom stereocenters. The number of ether oxygens (including phenoxy) is 1. The SMILES string of the molecule is Cc1c(C(=O)NC[C@H]2CCCO2)nnn1-c1ccc(Cl)cc1. The van der Waals surface area contributed by atoms with E-state index in [2.05, 4.69) is 15.6 Å². The summed E-state index contributed by atoms with van der Waals surface area (Å²) in [7, 11) is 0. The molecule has 6 nitrogen and oxygen atoms in total. The predicted molar refractivity (Wildman–Crippen MR) is 82.4 cm³/mol. The normalized spacial score (nSPS) is 17.6. The van der Waals surface area contributed by atoms with Gasteiger partial charge in [0.2, 0.25) is 0 Å². The van der Waals surface area contributed by atoms with Crippen molar-refractivity contribution in [2.75, 3.05) is 13.2 Å². The van der Waals surface area contributed by atoms with Crippen LogP contribution in [0.5, 0.6) is 0 Å². The second-order valence-corrected chi connectivity index (χ2v) is 5.69. The summed E-state index contributed by atoms with van der Waals surface area (Å²) in [6, 6.07) is 7.21. The van der Waals surface area contributed by atoms with Crippen molar-refractivity contribution in [3.05, 3.63) is 40.7 Å². The minimum atomic E-state index is -0.229. The molecule has 2 aromatic rings. The van der Waals surface area contributed by atoms with E-state index in [-0.39, 0.29) is 12.0 Å². The standard InChI is InChI=1S/C15H17ClN4O2/c1-10-14(15(21)17-9-13-3-2-8-22-13)18-19-20(10)12-6-4-11(16)5-7-12/h4-7,13H,2-3,8-9H2,1H3,(H,17,21)/t13-/m1/s1. The van der Waals surface area contributed by atoms with Crippen LogP contribution in [0, 0.1) is 6.92 Å². The van der Waals surface area contributed by atoms with Crippen molar-refractivity contribution in [3.8, 4) is 5.69 Å². The van der Waals surface area contributed by atoms with Crippen LogP contribution in [0.4, 0.5) is 0 Å². The predicted octanol–water partition coefficient (Wildman–Crippen LogP) is 2.14. The van der Waals surface area contributed by atoms with Crippen LogP contribution in [0.3, 0.4) is 0 Å². The minimum Gasteiger partial charge on any atom is -0.376 e. The summed E-state index contributed by atoms with van der Waals surface area (Å²) in [5.41, 5.74) is 1.83. The maximum Gasteiger partial charge on any atom is 0.273 e. The number of carbonyl (C=O) groups excluding carboxylic acids is 1. The van der Waals surface area contributed by atoms with Gasteiger partial charge in [0, 0.05) is 18.2 Å². The van der Waals surface area contributed by atoms with Crippen molar-refractivity contribution < 1.29 is 9.53 Å². The van der Waals surface area contributed by atoms with Gasteiger partial charge in [-0.1, -0.05) is 16.8 Å². The van der Waals surface area contributed by atoms with Crippen molar-refractivity contribution in [3.63, 3.8) is 0 Å². The zero-order chi connectivity index (χ0) is 15.5. The topological polar surface area (TPSA) is 69.0 Å². The molecule has 1 aromatic heterocycles. The Kier molecular flexibility index (Phi) is 4.40. The molecule has 0 spiro atoms. The molecule has 2 heterocycles. The monoisotopic (exact) mass is 320 g/mol. The second-order valence-electron chi connectivity index (χ2n) is 5.26. The fourth-order valence-electron chi connectivity index (χ4n) is 2.46. The van der Waals surface area contributed by atoms with Gasteiger partial charge >= 0.3 is 0 Å². The number of rotatable bonds is 4. The van der Waals surface area contributed by atoms with Crippen LogP contribution in [-0.4, -0.2) is 40.2 Å². The van der Waals surface area contributed by atoms with Crippen LogP contribution in [-0.2, 0) is 4.74 Å². The average Bonchev–Trinajstić information content (AvgIpc) is 3.15. The lowest BCUT2D eigenvalue weighted by molar-refractivity contribution is 0.0853. The first-order valence-electron chi connectivity index (χ1n) is 7.23. The molecule has 0 bridgehead atoms. The number of halogens is 1. The number of hydrogen-bond donors (Lipinski definition) is 1. The lowest BCUT2D eigenvalue weighted by atomic mass is 10.2. The molecule has 1 N–H and O–H groups in total. The molecule has 1 saturated heterocycles. The van der Waals surface area contributed by atoms with Gasteiger partial charge < -0.3 is 10.1 Å². The lowest BCUT2D eigenvalue weighted by Gasteiger charge is -2.10. The van der Waals surface area contributed by atoms with Crippen molar-refractivity contribution >= 4 is 17.5 Å². The zero-order valence-corrected chi connectivity index (χ0v) is 13.0. The van der Waals surface area contributed by atoms with Crippen molar-refractivity contribution in [1.82, 2.24) is 20.3 Å². The van der Waals surface area contributed by atoms with Gasteiger partial charge in [-0.2, -0.15) is 0 Å². The fraction of sp³-hybridized carbons (Fsp3) is 0.400. The highest BCUT2D eigenvalue weighted by atomic mass is 35.5. The highest BCUT2D eigenvalue weighted by Gasteiger charge is 2.20. The van der Waals surface area contributed by atoms with Gasteiger partial charge in [0.25, 0.3) is 5.91 Å². The summed E-state index contributed by atoms with van der Waals surface area (Å²) < 4.78 is 7.11. The molecule has 0 radical (unpaired) electrons. The van der Waals surface area contributed by atoms with E-state index in [1.165, 1.54) is 0 Å². The number of benzene rings is 1. The first-order valence-corrected chi connectivity index (χ1v) is 7.61. The summed E-state index contributed by atoms with van der Waals surface area (Å²) in [4.78, 5) is 12.2. The largest absolute Gasteiger partial charge is 0.376 e. The van der Waals surface area contributed by atoms with Gasteiger partial charge in [-0.25, -0.2) is 4.68 Å². The molecule has 1 fully saturated rings. The highest BCUT2D eigenvalue weighted by Crippen LogP contribution is 2.16. The van der Waals surface area contributed by atoms with E-state index in [1.807, 2.05) is 19.1 Å². The third-order valence-corrected chi connectivity index (χ3v) is 3.95. The molecule has 1 aromatic carbocycles. The molecular formula is C15H17ClN4O2. The number of aromatic nitrogens is 3. The number of nitrogens with one attached hydrogen (secondary N) is 1. The van der Waals surface area contributed by atoms with Crippen LogP contribution in [0.1, 0.15) is 29.0 Å². The smallest absolute Gasteiger partial charge is 0.273 e. The molecule has 3 rings (SSSR count). The Hall–Kier alpha value is -1.92. The number of hydrogen-bond acceptors (Lipinski definition) is 4. The first-order chi connectivity index (χ1) is 10.6. The third kappa shape index (κ3) is 3.13. The summed E-state index contributed by atoms with van der Waals surface area (Å²) in [5.74, 6) is -0.229. The molecule has 1 atom stereocenters. The van der Waals surface area contributed by atoms with E-state index in [0.717, 1.165) is 25.1 Å². The van der Waals surface area contributed by atoms with Crippen LogP contribution >= 0.6 is 11.6 Å². The Morgan fingerprint density at radius 1 is 1.45 bits per heavy atom. The molecule has 0 aliphatic carbocycles. The van der Waals surface area contributed by atoms with E-state index in [1.54, 1.807) is 16.8 Å². The van der Waals surface area contributed by atoms with E-state index >= 15 is 0 Å². The number of amides is 1. The van der Waals surface area contributed by atoms with Gasteiger partial charge in [0.15, 0.2) is 5.69 Å². The maximum atomic E-state index is 12.2. The molecule has 0 saturated carbocycles. The van der Waals surface area contributed by atoms with E-state index in [4.69, 9.17) is 16.3 Å². The Labute approximate surface area is 133 Å². The Morgan fingerprint density at radius 3 is 2.91 bits per heavy atom. The van der Waals surface area contributed by atoms with Gasteiger partial charge in [0.05, 0.1) is 17.5 Å². The quantitative estimate of drug-likeness (QED) is 0.937. The van der Waals surface area contributed by atoms with Gasteiger partial charge in [0.1, 0.15) is 0 Å². The Morgan fingerprint density at radius 2 is 2.23 bits per heavy atom. The first kappa shape index (κ1) is 15.0. The van der Waals surface area contributed by atoms with Crippen LogP contribution in [0.2, 0.25) is 5.02 Å². The van der Waals surface area contributed by atoms with Gasteiger partial charge in [-0.05, 0) is 44.0 Å². The van der Waals surface area contributed by atoms with Crippen molar-refractivity contribution in [2.45, 2.75) is 25.9 Å². The average molecular weight is 321 g/mol. The van der Waals surface area contributed by atoms with E-state index < -0.39 is 0 Å². The highest BCUT2D eigenvalue weighted by molar-refractivity contribution is 6.30. The van der Waals surface area contributed by atoms with Crippen LogP contribution in [0.15, 0.2) is 24.3 Å².